The van der Waals surface area contributed by atoms with E-state index in [2.05, 4.69) is 5.32 Å². The van der Waals surface area contributed by atoms with Crippen LogP contribution >= 0.6 is 0 Å². The van der Waals surface area contributed by atoms with E-state index in [0.717, 1.165) is 22.4 Å². The van der Waals surface area contributed by atoms with Gasteiger partial charge < -0.3 is 15.0 Å². The molecule has 0 radical (unpaired) electrons. The monoisotopic (exact) mass is 360 g/mol. The minimum atomic E-state index is -0.0921. The summed E-state index contributed by atoms with van der Waals surface area (Å²) in [6.07, 6.45) is 0. The predicted molar refractivity (Wildman–Crippen MR) is 107 cm³/mol. The number of benzene rings is 3. The molecule has 2 amide bonds. The van der Waals surface area contributed by atoms with Gasteiger partial charge in [0.2, 0.25) is 0 Å². The van der Waals surface area contributed by atoms with Crippen LogP contribution in [0.5, 0.6) is 5.75 Å². The summed E-state index contributed by atoms with van der Waals surface area (Å²) in [7, 11) is 1.64. The van der Waals surface area contributed by atoms with Gasteiger partial charge in [0, 0.05) is 19.6 Å². The molecule has 0 aliphatic rings. The lowest BCUT2D eigenvalue weighted by Gasteiger charge is -2.23. The SMILES string of the molecule is COc1cccc(CNC(=O)N(Cc2ccccc2)Cc2ccccc2)c1. The van der Waals surface area contributed by atoms with E-state index in [0.29, 0.717) is 19.6 Å². The maximum atomic E-state index is 12.9. The fourth-order valence-electron chi connectivity index (χ4n) is 2.88. The molecule has 0 aromatic heterocycles. The van der Waals surface area contributed by atoms with Gasteiger partial charge in [0.25, 0.3) is 0 Å². The number of ether oxygens (including phenoxy) is 1. The van der Waals surface area contributed by atoms with Crippen molar-refractivity contribution >= 4 is 6.03 Å². The Kier molecular flexibility index (Phi) is 6.47. The number of amides is 2. The number of rotatable bonds is 7. The van der Waals surface area contributed by atoms with Crippen molar-refractivity contribution in [3.8, 4) is 5.75 Å². The zero-order valence-corrected chi connectivity index (χ0v) is 15.5. The van der Waals surface area contributed by atoms with Crippen LogP contribution < -0.4 is 10.1 Å². The van der Waals surface area contributed by atoms with Gasteiger partial charge in [0.1, 0.15) is 5.75 Å². The van der Waals surface area contributed by atoms with Crippen LogP contribution in [0.15, 0.2) is 84.9 Å². The first-order valence-electron chi connectivity index (χ1n) is 8.98. The molecule has 0 unspecified atom stereocenters. The zero-order valence-electron chi connectivity index (χ0n) is 15.5. The van der Waals surface area contributed by atoms with E-state index in [4.69, 9.17) is 4.74 Å². The van der Waals surface area contributed by atoms with E-state index >= 15 is 0 Å². The third-order valence-electron chi connectivity index (χ3n) is 4.30. The lowest BCUT2D eigenvalue weighted by atomic mass is 10.1. The molecule has 3 rings (SSSR count). The average molecular weight is 360 g/mol. The van der Waals surface area contributed by atoms with Crippen molar-refractivity contribution in [1.29, 1.82) is 0 Å². The molecular formula is C23H24N2O2. The predicted octanol–water partition coefficient (Wildman–Crippen LogP) is 4.61. The molecule has 0 aliphatic carbocycles. The van der Waals surface area contributed by atoms with Gasteiger partial charge in [-0.3, -0.25) is 0 Å². The first-order valence-corrected chi connectivity index (χ1v) is 8.98. The summed E-state index contributed by atoms with van der Waals surface area (Å²) in [6, 6.07) is 27.7. The highest BCUT2D eigenvalue weighted by molar-refractivity contribution is 5.74. The minimum Gasteiger partial charge on any atom is -0.497 e. The highest BCUT2D eigenvalue weighted by Crippen LogP contribution is 2.13. The molecule has 138 valence electrons. The van der Waals surface area contributed by atoms with Gasteiger partial charge in [-0.2, -0.15) is 0 Å². The third-order valence-corrected chi connectivity index (χ3v) is 4.30. The Balaban J connectivity index is 1.69. The van der Waals surface area contributed by atoms with Gasteiger partial charge in [-0.25, -0.2) is 4.79 Å². The smallest absolute Gasteiger partial charge is 0.318 e. The number of methoxy groups -OCH3 is 1. The van der Waals surface area contributed by atoms with Crippen molar-refractivity contribution in [1.82, 2.24) is 10.2 Å². The van der Waals surface area contributed by atoms with Crippen LogP contribution in [-0.4, -0.2) is 18.0 Å². The first kappa shape index (κ1) is 18.5. The molecule has 0 bridgehead atoms. The summed E-state index contributed by atoms with van der Waals surface area (Å²) in [4.78, 5) is 14.7. The maximum absolute atomic E-state index is 12.9. The molecular weight excluding hydrogens is 336 g/mol. The Hall–Kier alpha value is -3.27. The fraction of sp³-hybridized carbons (Fsp3) is 0.174. The highest BCUT2D eigenvalue weighted by Gasteiger charge is 2.14. The summed E-state index contributed by atoms with van der Waals surface area (Å²) >= 11 is 0. The number of hydrogen-bond donors (Lipinski definition) is 1. The molecule has 4 nitrogen and oxygen atoms in total. The van der Waals surface area contributed by atoms with E-state index < -0.39 is 0 Å². The Morgan fingerprint density at radius 1 is 0.815 bits per heavy atom. The minimum absolute atomic E-state index is 0.0921. The Labute approximate surface area is 160 Å². The second-order valence-corrected chi connectivity index (χ2v) is 6.34. The van der Waals surface area contributed by atoms with Crippen LogP contribution in [0.4, 0.5) is 4.79 Å². The van der Waals surface area contributed by atoms with Crippen LogP contribution in [0.3, 0.4) is 0 Å². The maximum Gasteiger partial charge on any atom is 0.318 e. The number of hydrogen-bond acceptors (Lipinski definition) is 2. The standard InChI is InChI=1S/C23H24N2O2/c1-27-22-14-8-13-21(15-22)16-24-23(26)25(17-19-9-4-2-5-10-19)18-20-11-6-3-7-12-20/h2-15H,16-18H2,1H3,(H,24,26). The molecule has 0 atom stereocenters. The van der Waals surface area contributed by atoms with Gasteiger partial charge in [-0.05, 0) is 28.8 Å². The van der Waals surface area contributed by atoms with E-state index in [1.54, 1.807) is 7.11 Å². The molecule has 27 heavy (non-hydrogen) atoms. The van der Waals surface area contributed by atoms with E-state index in [1.807, 2.05) is 89.8 Å². The summed E-state index contributed by atoms with van der Waals surface area (Å²) in [5.74, 6) is 0.784. The van der Waals surface area contributed by atoms with Crippen molar-refractivity contribution in [3.05, 3.63) is 102 Å². The third kappa shape index (κ3) is 5.61. The largest absolute Gasteiger partial charge is 0.497 e. The Bertz CT molecular complexity index is 809. The number of carbonyl (C=O) groups excluding carboxylic acids is 1. The molecule has 3 aromatic rings. The van der Waals surface area contributed by atoms with Gasteiger partial charge in [0.05, 0.1) is 7.11 Å². The zero-order chi connectivity index (χ0) is 18.9. The molecule has 0 spiro atoms. The Morgan fingerprint density at radius 2 is 1.37 bits per heavy atom. The van der Waals surface area contributed by atoms with Crippen molar-refractivity contribution in [2.24, 2.45) is 0 Å². The lowest BCUT2D eigenvalue weighted by Crippen LogP contribution is -2.38. The summed E-state index contributed by atoms with van der Waals surface area (Å²) in [6.45, 7) is 1.56. The van der Waals surface area contributed by atoms with E-state index in [-0.39, 0.29) is 6.03 Å². The van der Waals surface area contributed by atoms with Crippen LogP contribution in [-0.2, 0) is 19.6 Å². The molecule has 0 saturated heterocycles. The second-order valence-electron chi connectivity index (χ2n) is 6.34. The quantitative estimate of drug-likeness (QED) is 0.669. The molecule has 0 heterocycles. The van der Waals surface area contributed by atoms with Crippen LogP contribution in [0.2, 0.25) is 0 Å². The molecule has 0 fully saturated rings. The van der Waals surface area contributed by atoms with Gasteiger partial charge in [-0.15, -0.1) is 0 Å². The fourth-order valence-corrected chi connectivity index (χ4v) is 2.88. The lowest BCUT2D eigenvalue weighted by molar-refractivity contribution is 0.192. The van der Waals surface area contributed by atoms with Crippen molar-refractivity contribution in [2.75, 3.05) is 7.11 Å². The summed E-state index contributed by atoms with van der Waals surface area (Å²) < 4.78 is 5.24. The summed E-state index contributed by atoms with van der Waals surface area (Å²) in [5.41, 5.74) is 3.21. The van der Waals surface area contributed by atoms with Crippen molar-refractivity contribution < 1.29 is 9.53 Å². The normalized spacial score (nSPS) is 10.3. The number of urea groups is 1. The number of nitrogens with zero attached hydrogens (tertiary/aromatic N) is 1. The molecule has 1 N–H and O–H groups in total. The van der Waals surface area contributed by atoms with Crippen LogP contribution in [0.1, 0.15) is 16.7 Å². The summed E-state index contributed by atoms with van der Waals surface area (Å²) in [5, 5.41) is 3.02. The van der Waals surface area contributed by atoms with E-state index in [9.17, 15) is 4.79 Å². The highest BCUT2D eigenvalue weighted by atomic mass is 16.5. The van der Waals surface area contributed by atoms with Gasteiger partial charge in [0.15, 0.2) is 0 Å². The van der Waals surface area contributed by atoms with Crippen molar-refractivity contribution in [2.45, 2.75) is 19.6 Å². The number of nitrogens with one attached hydrogen (secondary N) is 1. The Morgan fingerprint density at radius 3 is 1.93 bits per heavy atom. The van der Waals surface area contributed by atoms with E-state index in [1.165, 1.54) is 0 Å². The van der Waals surface area contributed by atoms with Crippen LogP contribution in [0.25, 0.3) is 0 Å². The van der Waals surface area contributed by atoms with Gasteiger partial charge >= 0.3 is 6.03 Å². The topological polar surface area (TPSA) is 41.6 Å². The molecule has 0 aliphatic heterocycles. The molecule has 3 aromatic carbocycles. The van der Waals surface area contributed by atoms with Crippen LogP contribution in [0, 0.1) is 0 Å². The first-order chi connectivity index (χ1) is 13.2. The van der Waals surface area contributed by atoms with Gasteiger partial charge in [-0.1, -0.05) is 72.8 Å². The molecule has 4 heteroatoms. The van der Waals surface area contributed by atoms with Crippen molar-refractivity contribution in [3.63, 3.8) is 0 Å². The average Bonchev–Trinajstić information content (AvgIpc) is 2.73. The molecule has 0 saturated carbocycles. The number of carbonyl (C=O) groups is 1. The second kappa shape index (κ2) is 9.43.